The molecule has 0 spiro atoms. The summed E-state index contributed by atoms with van der Waals surface area (Å²) in [6.45, 7) is 2.81. The summed E-state index contributed by atoms with van der Waals surface area (Å²) in [7, 11) is -4.73. The second kappa shape index (κ2) is 18.5. The molecule has 6 atom stereocenters. The number of carboxylic acid groups (broad SMARTS) is 1. The van der Waals surface area contributed by atoms with Crippen molar-refractivity contribution >= 4 is 36.7 Å². The number of rotatable bonds is 21. The highest BCUT2D eigenvalue weighted by Crippen LogP contribution is 2.49. The van der Waals surface area contributed by atoms with Crippen molar-refractivity contribution in [3.05, 3.63) is 48.3 Å². The average molecular weight is 733 g/mol. The highest BCUT2D eigenvalue weighted by Gasteiger charge is 2.50. The molecule has 1 aromatic carbocycles. The van der Waals surface area contributed by atoms with Gasteiger partial charge in [0.1, 0.15) is 25.0 Å². The second-order valence-corrected chi connectivity index (χ2v) is 14.2. The van der Waals surface area contributed by atoms with Crippen LogP contribution in [0.3, 0.4) is 0 Å². The first-order valence-corrected chi connectivity index (χ1v) is 18.6. The second-order valence-electron chi connectivity index (χ2n) is 12.4. The van der Waals surface area contributed by atoms with Gasteiger partial charge in [-0.1, -0.05) is 88.1 Å². The van der Waals surface area contributed by atoms with Crippen LogP contribution in [0.25, 0.3) is 11.2 Å². The van der Waals surface area contributed by atoms with Crippen LogP contribution in [0.5, 0.6) is 0 Å². The van der Waals surface area contributed by atoms with Gasteiger partial charge in [0.05, 0.1) is 12.9 Å². The maximum absolute atomic E-state index is 14.3. The first-order valence-electron chi connectivity index (χ1n) is 17.0. The predicted molar refractivity (Wildman–Crippen MR) is 184 cm³/mol. The van der Waals surface area contributed by atoms with Crippen molar-refractivity contribution in [2.75, 3.05) is 18.9 Å². The summed E-state index contributed by atoms with van der Waals surface area (Å²) in [5.41, 5.74) is 4.48. The SMILES string of the molecule is C#C[C@]1(CO[P@](=O)(NC(Cc2ccccc2)C(=O)O)OC(C)C(=O)OCCCCCCCCCC)O[C@@H](n2cnc3c(N)nc(F)nc32)C[C@@H]1O. The van der Waals surface area contributed by atoms with Crippen LogP contribution in [-0.2, 0) is 39.1 Å². The number of carbonyl (C=O) groups excluding carboxylic acids is 1. The zero-order valence-corrected chi connectivity index (χ0v) is 29.7. The third kappa shape index (κ3) is 10.8. The lowest BCUT2D eigenvalue weighted by Crippen LogP contribution is -2.44. The Morgan fingerprint density at radius 3 is 2.55 bits per heavy atom. The summed E-state index contributed by atoms with van der Waals surface area (Å²) < 4.78 is 52.3. The van der Waals surface area contributed by atoms with Crippen LogP contribution >= 0.6 is 7.75 Å². The van der Waals surface area contributed by atoms with E-state index in [2.05, 4.69) is 32.9 Å². The smallest absolute Gasteiger partial charge is 0.407 e. The average Bonchev–Trinajstić information content (AvgIpc) is 3.67. The number of imidazole rings is 1. The molecule has 5 N–H and O–H groups in total. The minimum Gasteiger partial charge on any atom is -0.480 e. The van der Waals surface area contributed by atoms with Crippen molar-refractivity contribution in [2.24, 2.45) is 0 Å². The van der Waals surface area contributed by atoms with Crippen LogP contribution in [0.2, 0.25) is 0 Å². The Morgan fingerprint density at radius 2 is 1.88 bits per heavy atom. The first-order chi connectivity index (χ1) is 24.4. The van der Waals surface area contributed by atoms with E-state index < -0.39 is 62.4 Å². The molecule has 1 saturated heterocycles. The van der Waals surface area contributed by atoms with Crippen LogP contribution in [0, 0.1) is 18.4 Å². The number of hydrogen-bond donors (Lipinski definition) is 4. The fourth-order valence-electron chi connectivity index (χ4n) is 5.63. The number of aliphatic carboxylic acids is 1. The number of aromatic nitrogens is 4. The van der Waals surface area contributed by atoms with E-state index in [9.17, 15) is 28.8 Å². The normalized spacial score (nSPS) is 21.2. The number of nitrogens with one attached hydrogen (secondary N) is 1. The number of nitrogens with two attached hydrogens (primary N) is 1. The Bertz CT molecular complexity index is 1710. The molecule has 3 aromatic rings. The molecule has 1 aliphatic rings. The van der Waals surface area contributed by atoms with E-state index in [-0.39, 0.29) is 36.4 Å². The minimum absolute atomic E-state index is 0.0221. The maximum atomic E-state index is 14.3. The molecular formula is C34H46FN6O9P. The van der Waals surface area contributed by atoms with Gasteiger partial charge in [-0.3, -0.25) is 18.4 Å². The summed E-state index contributed by atoms with van der Waals surface area (Å²) in [6.07, 6.45) is 10.1. The lowest BCUT2D eigenvalue weighted by Gasteiger charge is -2.30. The van der Waals surface area contributed by atoms with E-state index in [1.807, 2.05) is 0 Å². The molecule has 3 heterocycles. The number of esters is 1. The van der Waals surface area contributed by atoms with E-state index in [1.165, 1.54) is 37.1 Å². The molecule has 1 aliphatic heterocycles. The molecule has 0 saturated carbocycles. The Morgan fingerprint density at radius 1 is 1.20 bits per heavy atom. The third-order valence-electron chi connectivity index (χ3n) is 8.50. The number of ether oxygens (including phenoxy) is 2. The molecule has 17 heteroatoms. The van der Waals surface area contributed by atoms with Crippen LogP contribution in [0.4, 0.5) is 10.2 Å². The number of terminal acetylenes is 1. The zero-order chi connectivity index (χ0) is 37.0. The van der Waals surface area contributed by atoms with Gasteiger partial charge in [-0.05, 0) is 25.3 Å². The zero-order valence-electron chi connectivity index (χ0n) is 28.8. The molecule has 0 radical (unpaired) electrons. The number of nitrogen functional groups attached to an aromatic ring is 1. The van der Waals surface area contributed by atoms with Crippen molar-refractivity contribution in [2.45, 2.75) is 108 Å². The fraction of sp³-hybridized carbons (Fsp3) is 0.559. The summed E-state index contributed by atoms with van der Waals surface area (Å²) in [4.78, 5) is 36.5. The molecule has 51 heavy (non-hydrogen) atoms. The summed E-state index contributed by atoms with van der Waals surface area (Å²) >= 11 is 0. The molecule has 4 rings (SSSR count). The molecule has 2 aromatic heterocycles. The number of hydrogen-bond acceptors (Lipinski definition) is 12. The fourth-order valence-corrected chi connectivity index (χ4v) is 7.27. The van der Waals surface area contributed by atoms with Crippen molar-refractivity contribution in [1.29, 1.82) is 0 Å². The third-order valence-corrected chi connectivity index (χ3v) is 10.2. The van der Waals surface area contributed by atoms with E-state index in [4.69, 9.17) is 30.7 Å². The Kier molecular flexibility index (Phi) is 14.4. The number of aliphatic hydroxyl groups is 1. The predicted octanol–water partition coefficient (Wildman–Crippen LogP) is 4.70. The van der Waals surface area contributed by atoms with Crippen LogP contribution in [0.15, 0.2) is 36.7 Å². The molecule has 278 valence electrons. The van der Waals surface area contributed by atoms with E-state index in [0.717, 1.165) is 25.7 Å². The van der Waals surface area contributed by atoms with Gasteiger partial charge < -0.3 is 25.4 Å². The number of aliphatic hydroxyl groups excluding tert-OH is 1. The summed E-state index contributed by atoms with van der Waals surface area (Å²) in [5, 5.41) is 23.6. The molecule has 0 bridgehead atoms. The minimum atomic E-state index is -4.73. The van der Waals surface area contributed by atoms with E-state index in [1.54, 1.807) is 30.3 Å². The number of benzene rings is 1. The number of anilines is 1. The van der Waals surface area contributed by atoms with Crippen LogP contribution < -0.4 is 10.8 Å². The van der Waals surface area contributed by atoms with E-state index in [0.29, 0.717) is 12.0 Å². The number of nitrogens with zero attached hydrogens (tertiary/aromatic N) is 4. The number of unbranched alkanes of at least 4 members (excludes halogenated alkanes) is 7. The Labute approximate surface area is 296 Å². The lowest BCUT2D eigenvalue weighted by molar-refractivity contribution is -0.152. The van der Waals surface area contributed by atoms with Gasteiger partial charge >= 0.3 is 25.8 Å². The van der Waals surface area contributed by atoms with Gasteiger partial charge in [-0.15, -0.1) is 6.42 Å². The summed E-state index contributed by atoms with van der Waals surface area (Å²) in [5.74, 6) is -0.0757. The van der Waals surface area contributed by atoms with E-state index >= 15 is 0 Å². The van der Waals surface area contributed by atoms with Gasteiger partial charge in [-0.2, -0.15) is 14.4 Å². The largest absolute Gasteiger partial charge is 0.480 e. The molecule has 1 fully saturated rings. The number of carboxylic acids is 1. The quantitative estimate of drug-likeness (QED) is 0.0385. The molecule has 0 amide bonds. The molecule has 2 unspecified atom stereocenters. The maximum Gasteiger partial charge on any atom is 0.407 e. The van der Waals surface area contributed by atoms with Gasteiger partial charge in [0, 0.05) is 6.42 Å². The molecule has 15 nitrogen and oxygen atoms in total. The highest BCUT2D eigenvalue weighted by atomic mass is 31.2. The van der Waals surface area contributed by atoms with Gasteiger partial charge in [0.15, 0.2) is 28.7 Å². The molecular weight excluding hydrogens is 686 g/mol. The lowest BCUT2D eigenvalue weighted by atomic mass is 9.99. The summed E-state index contributed by atoms with van der Waals surface area (Å²) in [6, 6.07) is 7.08. The Hall–Kier alpha value is -3.97. The number of halogens is 1. The highest BCUT2D eigenvalue weighted by molar-refractivity contribution is 7.51. The van der Waals surface area contributed by atoms with Gasteiger partial charge in [0.2, 0.25) is 0 Å². The Balaban J connectivity index is 1.47. The van der Waals surface area contributed by atoms with Crippen molar-refractivity contribution < 1.29 is 47.3 Å². The monoisotopic (exact) mass is 732 g/mol. The van der Waals surface area contributed by atoms with Crippen LogP contribution in [0.1, 0.15) is 83.4 Å². The number of fused-ring (bicyclic) bond motifs is 1. The topological polar surface area (TPSA) is 210 Å². The standard InChI is InChI=1S/C34H46FN6O9P/c1-4-6-7-8-9-10-11-15-18-47-32(45)23(3)50-51(46,40-25(31(43)44)19-24-16-13-12-14-17-24)48-21-34(5-2)26(42)20-27(49-34)41-22-37-28-29(36)38-33(35)39-30(28)41/h2,12-14,16-17,22-23,25-27,42H,4,6-11,15,18-21H2,1,3H3,(H,40,46)(H,43,44)(H2,36,38,39)/t23?,25?,26-,27+,34+,51+/m0/s1. The van der Waals surface area contributed by atoms with Gasteiger partial charge in [0.25, 0.3) is 0 Å². The molecule has 0 aliphatic carbocycles. The van der Waals surface area contributed by atoms with Crippen molar-refractivity contribution in [3.8, 4) is 12.3 Å². The van der Waals surface area contributed by atoms with Crippen molar-refractivity contribution in [3.63, 3.8) is 0 Å². The van der Waals surface area contributed by atoms with Crippen LogP contribution in [-0.4, -0.2) is 78.7 Å². The van der Waals surface area contributed by atoms with Gasteiger partial charge in [-0.25, -0.2) is 19.4 Å². The number of carbonyl (C=O) groups is 2. The van der Waals surface area contributed by atoms with Crippen molar-refractivity contribution in [1.82, 2.24) is 24.6 Å². The first kappa shape index (κ1) is 39.8.